The number of amides is 1. The molecule has 2 unspecified atom stereocenters. The van der Waals surface area contributed by atoms with Crippen LogP contribution in [0.3, 0.4) is 0 Å². The summed E-state index contributed by atoms with van der Waals surface area (Å²) in [4.78, 5) is 12.4. The maximum absolute atomic E-state index is 12.4. The first-order chi connectivity index (χ1) is 10.6. The van der Waals surface area contributed by atoms with Crippen molar-refractivity contribution in [2.24, 2.45) is 17.1 Å². The third-order valence-electron chi connectivity index (χ3n) is 5.08. The molecule has 1 saturated carbocycles. The zero-order chi connectivity index (χ0) is 16.0. The Morgan fingerprint density at radius 2 is 1.95 bits per heavy atom. The summed E-state index contributed by atoms with van der Waals surface area (Å²) in [6.45, 7) is 2.72. The van der Waals surface area contributed by atoms with Crippen LogP contribution in [0, 0.1) is 11.3 Å². The van der Waals surface area contributed by atoms with Gasteiger partial charge in [0.1, 0.15) is 0 Å². The van der Waals surface area contributed by atoms with Crippen molar-refractivity contribution in [3.05, 3.63) is 35.9 Å². The SMILES string of the molecule is CC(C(=O)NCC1(CCO)CCCC1)C(N)c1ccccc1. The zero-order valence-electron chi connectivity index (χ0n) is 13.4. The fourth-order valence-corrected chi connectivity index (χ4v) is 3.44. The van der Waals surface area contributed by atoms with E-state index in [1.54, 1.807) is 0 Å². The number of aliphatic hydroxyl groups is 1. The van der Waals surface area contributed by atoms with E-state index >= 15 is 0 Å². The molecule has 0 aliphatic heterocycles. The number of nitrogens with two attached hydrogens (primary N) is 1. The lowest BCUT2D eigenvalue weighted by atomic mass is 9.82. The van der Waals surface area contributed by atoms with Crippen LogP contribution < -0.4 is 11.1 Å². The van der Waals surface area contributed by atoms with Crippen LogP contribution in [0.5, 0.6) is 0 Å². The number of carbonyl (C=O) groups excluding carboxylic acids is 1. The normalized spacial score (nSPS) is 19.6. The molecule has 1 aliphatic rings. The van der Waals surface area contributed by atoms with Crippen molar-refractivity contribution >= 4 is 5.91 Å². The van der Waals surface area contributed by atoms with Crippen LogP contribution in [0.1, 0.15) is 50.6 Å². The van der Waals surface area contributed by atoms with E-state index in [4.69, 9.17) is 5.73 Å². The maximum Gasteiger partial charge on any atom is 0.224 e. The molecule has 2 atom stereocenters. The minimum Gasteiger partial charge on any atom is -0.396 e. The number of hydrogen-bond donors (Lipinski definition) is 3. The number of benzene rings is 1. The molecule has 2 rings (SSSR count). The summed E-state index contributed by atoms with van der Waals surface area (Å²) in [6.07, 6.45) is 5.33. The van der Waals surface area contributed by atoms with Gasteiger partial charge in [0.05, 0.1) is 5.92 Å². The molecule has 0 saturated heterocycles. The molecule has 1 amide bonds. The van der Waals surface area contributed by atoms with Crippen LogP contribution in [0.4, 0.5) is 0 Å². The van der Waals surface area contributed by atoms with Gasteiger partial charge in [0, 0.05) is 19.2 Å². The topological polar surface area (TPSA) is 75.3 Å². The summed E-state index contributed by atoms with van der Waals surface area (Å²) in [5.41, 5.74) is 7.28. The number of hydrogen-bond acceptors (Lipinski definition) is 3. The number of nitrogens with one attached hydrogen (secondary N) is 1. The Bertz CT molecular complexity index is 469. The van der Waals surface area contributed by atoms with Crippen molar-refractivity contribution in [3.63, 3.8) is 0 Å². The van der Waals surface area contributed by atoms with Crippen LogP contribution in [-0.4, -0.2) is 24.2 Å². The van der Waals surface area contributed by atoms with Crippen molar-refractivity contribution in [3.8, 4) is 0 Å². The molecule has 0 bridgehead atoms. The fraction of sp³-hybridized carbons (Fsp3) is 0.611. The van der Waals surface area contributed by atoms with Gasteiger partial charge < -0.3 is 16.2 Å². The predicted molar refractivity (Wildman–Crippen MR) is 88.1 cm³/mol. The molecule has 0 radical (unpaired) electrons. The highest BCUT2D eigenvalue weighted by Gasteiger charge is 2.34. The highest BCUT2D eigenvalue weighted by atomic mass is 16.3. The van der Waals surface area contributed by atoms with Gasteiger partial charge in [-0.05, 0) is 30.2 Å². The molecule has 1 aromatic carbocycles. The number of carbonyl (C=O) groups is 1. The van der Waals surface area contributed by atoms with Gasteiger partial charge in [-0.15, -0.1) is 0 Å². The summed E-state index contributed by atoms with van der Waals surface area (Å²) in [5.74, 6) is -0.268. The summed E-state index contributed by atoms with van der Waals surface area (Å²) >= 11 is 0. The number of rotatable bonds is 7. The quantitative estimate of drug-likeness (QED) is 0.724. The standard InChI is InChI=1S/C18H28N2O2/c1-14(16(19)15-7-3-2-4-8-15)17(22)20-13-18(11-12-21)9-5-6-10-18/h2-4,7-8,14,16,21H,5-6,9-13,19H2,1H3,(H,20,22). The molecule has 1 aromatic rings. The van der Waals surface area contributed by atoms with Gasteiger partial charge in [0.15, 0.2) is 0 Å². The van der Waals surface area contributed by atoms with Crippen LogP contribution in [0.15, 0.2) is 30.3 Å². The Hall–Kier alpha value is -1.39. The maximum atomic E-state index is 12.4. The summed E-state index contributed by atoms with van der Waals surface area (Å²) in [5, 5.41) is 12.3. The van der Waals surface area contributed by atoms with Crippen LogP contribution in [-0.2, 0) is 4.79 Å². The van der Waals surface area contributed by atoms with Crippen LogP contribution in [0.2, 0.25) is 0 Å². The minimum atomic E-state index is -0.293. The second kappa shape index (κ2) is 7.75. The summed E-state index contributed by atoms with van der Waals surface area (Å²) in [7, 11) is 0. The van der Waals surface area contributed by atoms with Gasteiger partial charge in [0.2, 0.25) is 5.91 Å². The Morgan fingerprint density at radius 3 is 2.55 bits per heavy atom. The van der Waals surface area contributed by atoms with Crippen molar-refractivity contribution in [1.29, 1.82) is 0 Å². The van der Waals surface area contributed by atoms with E-state index in [2.05, 4.69) is 5.32 Å². The van der Waals surface area contributed by atoms with E-state index in [-0.39, 0.29) is 29.9 Å². The Kier molecular flexibility index (Phi) is 5.98. The second-order valence-corrected chi connectivity index (χ2v) is 6.62. The lowest BCUT2D eigenvalue weighted by molar-refractivity contribution is -0.125. The molecule has 4 N–H and O–H groups in total. The molecule has 4 heteroatoms. The average molecular weight is 304 g/mol. The van der Waals surface area contributed by atoms with E-state index in [0.717, 1.165) is 24.8 Å². The first-order valence-corrected chi connectivity index (χ1v) is 8.27. The monoisotopic (exact) mass is 304 g/mol. The van der Waals surface area contributed by atoms with E-state index in [1.807, 2.05) is 37.3 Å². The third kappa shape index (κ3) is 4.08. The van der Waals surface area contributed by atoms with E-state index in [9.17, 15) is 9.90 Å². The van der Waals surface area contributed by atoms with Crippen molar-refractivity contribution in [1.82, 2.24) is 5.32 Å². The van der Waals surface area contributed by atoms with Crippen LogP contribution >= 0.6 is 0 Å². The van der Waals surface area contributed by atoms with Crippen molar-refractivity contribution in [2.75, 3.05) is 13.2 Å². The molecule has 22 heavy (non-hydrogen) atoms. The minimum absolute atomic E-state index is 0.000526. The van der Waals surface area contributed by atoms with Crippen molar-refractivity contribution < 1.29 is 9.90 Å². The molecule has 4 nitrogen and oxygen atoms in total. The molecule has 1 aliphatic carbocycles. The van der Waals surface area contributed by atoms with Gasteiger partial charge in [-0.25, -0.2) is 0 Å². The van der Waals surface area contributed by atoms with Crippen molar-refractivity contribution in [2.45, 2.75) is 45.1 Å². The number of aliphatic hydroxyl groups excluding tert-OH is 1. The average Bonchev–Trinajstić information content (AvgIpc) is 3.01. The van der Waals surface area contributed by atoms with Gasteiger partial charge in [-0.3, -0.25) is 4.79 Å². The van der Waals surface area contributed by atoms with Gasteiger partial charge >= 0.3 is 0 Å². The molecule has 0 heterocycles. The lowest BCUT2D eigenvalue weighted by Gasteiger charge is -2.30. The highest BCUT2D eigenvalue weighted by molar-refractivity contribution is 5.79. The molecular formula is C18H28N2O2. The Balaban J connectivity index is 1.91. The molecule has 1 fully saturated rings. The highest BCUT2D eigenvalue weighted by Crippen LogP contribution is 2.40. The van der Waals surface area contributed by atoms with E-state index < -0.39 is 0 Å². The zero-order valence-corrected chi connectivity index (χ0v) is 13.4. The van der Waals surface area contributed by atoms with Gasteiger partial charge in [-0.1, -0.05) is 50.1 Å². The smallest absolute Gasteiger partial charge is 0.224 e. The Labute approximate surface area is 133 Å². The first kappa shape index (κ1) is 17.0. The van der Waals surface area contributed by atoms with Crippen LogP contribution in [0.25, 0.3) is 0 Å². The van der Waals surface area contributed by atoms with Gasteiger partial charge in [-0.2, -0.15) is 0 Å². The van der Waals surface area contributed by atoms with E-state index in [0.29, 0.717) is 6.54 Å². The van der Waals surface area contributed by atoms with Gasteiger partial charge in [0.25, 0.3) is 0 Å². The molecule has 0 spiro atoms. The lowest BCUT2D eigenvalue weighted by Crippen LogP contribution is -2.41. The fourth-order valence-electron chi connectivity index (χ4n) is 3.44. The molecule has 122 valence electrons. The molecular weight excluding hydrogens is 276 g/mol. The molecule has 0 aromatic heterocycles. The summed E-state index contributed by atoms with van der Waals surface area (Å²) < 4.78 is 0. The predicted octanol–water partition coefficient (Wildman–Crippen LogP) is 2.38. The second-order valence-electron chi connectivity index (χ2n) is 6.62. The Morgan fingerprint density at radius 1 is 1.32 bits per heavy atom. The third-order valence-corrected chi connectivity index (χ3v) is 5.08. The summed E-state index contributed by atoms with van der Waals surface area (Å²) in [6, 6.07) is 9.44. The van der Waals surface area contributed by atoms with E-state index in [1.165, 1.54) is 12.8 Å². The largest absolute Gasteiger partial charge is 0.396 e. The first-order valence-electron chi connectivity index (χ1n) is 8.27.